The van der Waals surface area contributed by atoms with Crippen LogP contribution in [0.5, 0.6) is 0 Å². The van der Waals surface area contributed by atoms with Crippen LogP contribution in [0.3, 0.4) is 0 Å². The third-order valence-corrected chi connectivity index (χ3v) is 3.24. The van der Waals surface area contributed by atoms with Gasteiger partial charge in [-0.1, -0.05) is 24.6 Å². The fourth-order valence-electron chi connectivity index (χ4n) is 2.17. The molecule has 0 unspecified atom stereocenters. The minimum atomic E-state index is -4.39. The van der Waals surface area contributed by atoms with Crippen molar-refractivity contribution in [1.82, 2.24) is 0 Å². The monoisotopic (exact) mass is 228 g/mol. The van der Waals surface area contributed by atoms with Gasteiger partial charge in [0.25, 0.3) is 0 Å². The summed E-state index contributed by atoms with van der Waals surface area (Å²) in [5.41, 5.74) is -1.45. The van der Waals surface area contributed by atoms with Crippen molar-refractivity contribution < 1.29 is 18.0 Å². The smallest absolute Gasteiger partial charge is 0.302 e. The van der Waals surface area contributed by atoms with Gasteiger partial charge in [-0.3, -0.25) is 0 Å². The summed E-state index contributed by atoms with van der Waals surface area (Å²) in [5, 5.41) is 0. The molecule has 1 nitrogen and oxygen atoms in total. The van der Waals surface area contributed by atoms with Crippen molar-refractivity contribution in [2.45, 2.75) is 30.9 Å². The van der Waals surface area contributed by atoms with Gasteiger partial charge in [0.05, 0.1) is 11.0 Å². The highest BCUT2D eigenvalue weighted by molar-refractivity contribution is 5.71. The van der Waals surface area contributed by atoms with Crippen LogP contribution in [0.25, 0.3) is 0 Å². The number of carbonyl (C=O) groups is 1. The lowest BCUT2D eigenvalue weighted by Crippen LogP contribution is -2.37. The van der Waals surface area contributed by atoms with Gasteiger partial charge in [0.15, 0.2) is 0 Å². The Kier molecular flexibility index (Phi) is 2.52. The zero-order valence-corrected chi connectivity index (χ0v) is 8.55. The molecule has 2 rings (SSSR count). The summed E-state index contributed by atoms with van der Waals surface area (Å²) in [6.07, 6.45) is -1.87. The number of aldehydes is 1. The lowest BCUT2D eigenvalue weighted by molar-refractivity contribution is -0.139. The summed E-state index contributed by atoms with van der Waals surface area (Å²) >= 11 is 0. The SMILES string of the molecule is O=CC1(c2ccccc2C(F)(F)F)CCC1. The molecule has 0 heterocycles. The molecule has 0 bridgehead atoms. The van der Waals surface area contributed by atoms with Gasteiger partial charge in [-0.05, 0) is 24.5 Å². The first kappa shape index (κ1) is 11.2. The van der Waals surface area contributed by atoms with Crippen molar-refractivity contribution in [3.8, 4) is 0 Å². The van der Waals surface area contributed by atoms with Gasteiger partial charge in [-0.2, -0.15) is 13.2 Å². The molecule has 4 heteroatoms. The maximum Gasteiger partial charge on any atom is 0.416 e. The van der Waals surface area contributed by atoms with Crippen LogP contribution in [0.1, 0.15) is 30.4 Å². The normalized spacial score (nSPS) is 18.9. The van der Waals surface area contributed by atoms with Gasteiger partial charge < -0.3 is 4.79 Å². The molecule has 1 aliphatic rings. The molecule has 1 fully saturated rings. The van der Waals surface area contributed by atoms with E-state index < -0.39 is 17.2 Å². The van der Waals surface area contributed by atoms with Crippen LogP contribution < -0.4 is 0 Å². The van der Waals surface area contributed by atoms with Gasteiger partial charge in [-0.15, -0.1) is 0 Å². The maximum absolute atomic E-state index is 12.8. The topological polar surface area (TPSA) is 17.1 Å². The van der Waals surface area contributed by atoms with Crippen LogP contribution in [-0.4, -0.2) is 6.29 Å². The fraction of sp³-hybridized carbons (Fsp3) is 0.417. The standard InChI is InChI=1S/C12H11F3O/c13-12(14,15)10-5-2-1-4-9(10)11(8-16)6-3-7-11/h1-2,4-5,8H,3,6-7H2. The summed E-state index contributed by atoms with van der Waals surface area (Å²) in [4.78, 5) is 11.0. The first-order valence-corrected chi connectivity index (χ1v) is 5.13. The van der Waals surface area contributed by atoms with Gasteiger partial charge in [0.2, 0.25) is 0 Å². The molecule has 86 valence electrons. The quantitative estimate of drug-likeness (QED) is 0.709. The molecule has 0 amide bonds. The minimum absolute atomic E-state index is 0.128. The fourth-order valence-corrected chi connectivity index (χ4v) is 2.17. The van der Waals surface area contributed by atoms with Crippen LogP contribution >= 0.6 is 0 Å². The average molecular weight is 228 g/mol. The molecular weight excluding hydrogens is 217 g/mol. The number of hydrogen-bond acceptors (Lipinski definition) is 1. The molecule has 0 aromatic heterocycles. The van der Waals surface area contributed by atoms with E-state index in [-0.39, 0.29) is 5.56 Å². The maximum atomic E-state index is 12.8. The largest absolute Gasteiger partial charge is 0.416 e. The second-order valence-electron chi connectivity index (χ2n) is 4.17. The van der Waals surface area contributed by atoms with E-state index in [2.05, 4.69) is 0 Å². The highest BCUT2D eigenvalue weighted by Gasteiger charge is 2.44. The van der Waals surface area contributed by atoms with E-state index in [4.69, 9.17) is 0 Å². The second kappa shape index (κ2) is 3.61. The third kappa shape index (κ3) is 1.62. The van der Waals surface area contributed by atoms with Crippen molar-refractivity contribution in [3.05, 3.63) is 35.4 Å². The molecule has 0 N–H and O–H groups in total. The molecule has 16 heavy (non-hydrogen) atoms. The van der Waals surface area contributed by atoms with Gasteiger partial charge in [0, 0.05) is 0 Å². The summed E-state index contributed by atoms with van der Waals surface area (Å²) in [6.45, 7) is 0. The first-order valence-electron chi connectivity index (χ1n) is 5.13. The Morgan fingerprint density at radius 3 is 2.25 bits per heavy atom. The Morgan fingerprint density at radius 2 is 1.81 bits per heavy atom. The van der Waals surface area contributed by atoms with Crippen LogP contribution in [-0.2, 0) is 16.4 Å². The van der Waals surface area contributed by atoms with Gasteiger partial charge >= 0.3 is 6.18 Å². The summed E-state index contributed by atoms with van der Waals surface area (Å²) in [6, 6.07) is 5.35. The lowest BCUT2D eigenvalue weighted by Gasteiger charge is -2.38. The Hall–Kier alpha value is -1.32. The number of carbonyl (C=O) groups excluding carboxylic acids is 1. The van der Waals surface area contributed by atoms with E-state index in [0.717, 1.165) is 12.5 Å². The van der Waals surface area contributed by atoms with Crippen molar-refractivity contribution in [2.75, 3.05) is 0 Å². The Morgan fingerprint density at radius 1 is 1.19 bits per heavy atom. The average Bonchev–Trinajstić information content (AvgIpc) is 2.16. The molecular formula is C12H11F3O. The van der Waals surface area contributed by atoms with E-state index in [1.165, 1.54) is 12.1 Å². The molecule has 1 aromatic rings. The van der Waals surface area contributed by atoms with E-state index in [9.17, 15) is 18.0 Å². The lowest BCUT2D eigenvalue weighted by atomic mass is 9.64. The van der Waals surface area contributed by atoms with Gasteiger partial charge in [0.1, 0.15) is 6.29 Å². The van der Waals surface area contributed by atoms with E-state index in [0.29, 0.717) is 19.1 Å². The number of benzene rings is 1. The minimum Gasteiger partial charge on any atom is -0.302 e. The molecule has 0 atom stereocenters. The molecule has 1 saturated carbocycles. The van der Waals surface area contributed by atoms with Crippen LogP contribution in [0.4, 0.5) is 13.2 Å². The summed E-state index contributed by atoms with van der Waals surface area (Å²) in [7, 11) is 0. The Bertz CT molecular complexity index is 405. The molecule has 1 aliphatic carbocycles. The highest BCUT2D eigenvalue weighted by atomic mass is 19.4. The number of hydrogen-bond donors (Lipinski definition) is 0. The van der Waals surface area contributed by atoms with Crippen LogP contribution in [0.2, 0.25) is 0 Å². The van der Waals surface area contributed by atoms with E-state index in [1.54, 1.807) is 6.07 Å². The van der Waals surface area contributed by atoms with Crippen molar-refractivity contribution >= 4 is 6.29 Å². The first-order chi connectivity index (χ1) is 7.49. The van der Waals surface area contributed by atoms with E-state index in [1.807, 2.05) is 0 Å². The zero-order chi connectivity index (χ0) is 11.8. The molecule has 0 spiro atoms. The van der Waals surface area contributed by atoms with Gasteiger partial charge in [-0.25, -0.2) is 0 Å². The Labute approximate surface area is 91.3 Å². The highest BCUT2D eigenvalue weighted by Crippen LogP contribution is 2.46. The predicted molar refractivity (Wildman–Crippen MR) is 53.0 cm³/mol. The van der Waals surface area contributed by atoms with Crippen molar-refractivity contribution in [1.29, 1.82) is 0 Å². The molecule has 0 radical (unpaired) electrons. The van der Waals surface area contributed by atoms with Crippen LogP contribution in [0, 0.1) is 0 Å². The number of halogens is 3. The predicted octanol–water partition coefficient (Wildman–Crippen LogP) is 3.33. The summed E-state index contributed by atoms with van der Waals surface area (Å²) in [5.74, 6) is 0. The molecule has 0 saturated heterocycles. The number of alkyl halides is 3. The molecule has 1 aromatic carbocycles. The zero-order valence-electron chi connectivity index (χ0n) is 8.55. The number of rotatable bonds is 2. The second-order valence-corrected chi connectivity index (χ2v) is 4.17. The van der Waals surface area contributed by atoms with Crippen molar-refractivity contribution in [2.24, 2.45) is 0 Å². The van der Waals surface area contributed by atoms with Crippen LogP contribution in [0.15, 0.2) is 24.3 Å². The summed E-state index contributed by atoms with van der Waals surface area (Å²) < 4.78 is 38.3. The van der Waals surface area contributed by atoms with E-state index >= 15 is 0 Å². The third-order valence-electron chi connectivity index (χ3n) is 3.24. The molecule has 0 aliphatic heterocycles. The van der Waals surface area contributed by atoms with Crippen molar-refractivity contribution in [3.63, 3.8) is 0 Å². The Balaban J connectivity index is 2.52.